The number of anilines is 1. The van der Waals surface area contributed by atoms with E-state index in [1.165, 1.54) is 17.5 Å². The minimum Gasteiger partial charge on any atom is -0.447 e. The maximum absolute atomic E-state index is 11.8. The number of nitrogens with zero attached hydrogens (tertiary/aromatic N) is 1. The molecule has 0 spiro atoms. The van der Waals surface area contributed by atoms with Crippen molar-refractivity contribution in [2.24, 2.45) is 0 Å². The quantitative estimate of drug-likeness (QED) is 0.851. The second kappa shape index (κ2) is 5.83. The molecular weight excluding hydrogens is 254 g/mol. The van der Waals surface area contributed by atoms with Crippen LogP contribution in [-0.4, -0.2) is 32.0 Å². The summed E-state index contributed by atoms with van der Waals surface area (Å²) in [5.74, 6) is 0. The van der Waals surface area contributed by atoms with E-state index in [1.807, 2.05) is 12.1 Å². The lowest BCUT2D eigenvalue weighted by atomic mass is 9.98. The molecule has 4 heteroatoms. The summed E-state index contributed by atoms with van der Waals surface area (Å²) >= 11 is 0. The SMILES string of the molecule is Cc1ccc(N2CCOC2=O)c(CC2CCCCO2)c1. The van der Waals surface area contributed by atoms with E-state index in [0.717, 1.165) is 31.6 Å². The summed E-state index contributed by atoms with van der Waals surface area (Å²) in [4.78, 5) is 13.5. The number of benzene rings is 1. The van der Waals surface area contributed by atoms with Crippen molar-refractivity contribution in [2.75, 3.05) is 24.7 Å². The highest BCUT2D eigenvalue weighted by atomic mass is 16.6. The third-order valence-corrected chi connectivity index (χ3v) is 4.01. The van der Waals surface area contributed by atoms with Crippen molar-refractivity contribution in [1.29, 1.82) is 0 Å². The lowest BCUT2D eigenvalue weighted by Crippen LogP contribution is -2.27. The molecule has 2 fully saturated rings. The van der Waals surface area contributed by atoms with Crippen LogP contribution in [0.3, 0.4) is 0 Å². The highest BCUT2D eigenvalue weighted by molar-refractivity contribution is 5.90. The Bertz CT molecular complexity index is 494. The first kappa shape index (κ1) is 13.4. The number of amides is 1. The lowest BCUT2D eigenvalue weighted by Gasteiger charge is -2.25. The van der Waals surface area contributed by atoms with Gasteiger partial charge in [-0.3, -0.25) is 4.90 Å². The Kier molecular flexibility index (Phi) is 3.92. The fourth-order valence-electron chi connectivity index (χ4n) is 2.97. The van der Waals surface area contributed by atoms with Crippen LogP contribution in [0.25, 0.3) is 0 Å². The zero-order valence-electron chi connectivity index (χ0n) is 11.9. The number of ether oxygens (including phenoxy) is 2. The summed E-state index contributed by atoms with van der Waals surface area (Å²) in [6, 6.07) is 6.24. The number of cyclic esters (lactones) is 1. The van der Waals surface area contributed by atoms with Gasteiger partial charge in [-0.2, -0.15) is 0 Å². The number of hydrogen-bond donors (Lipinski definition) is 0. The maximum atomic E-state index is 11.8. The largest absolute Gasteiger partial charge is 0.447 e. The zero-order valence-corrected chi connectivity index (χ0v) is 11.9. The fourth-order valence-corrected chi connectivity index (χ4v) is 2.97. The van der Waals surface area contributed by atoms with Crippen LogP contribution in [0.4, 0.5) is 10.5 Å². The predicted molar refractivity (Wildman–Crippen MR) is 77.2 cm³/mol. The molecule has 0 bridgehead atoms. The molecule has 0 N–H and O–H groups in total. The monoisotopic (exact) mass is 275 g/mol. The molecule has 0 saturated carbocycles. The van der Waals surface area contributed by atoms with Crippen molar-refractivity contribution in [3.8, 4) is 0 Å². The number of aryl methyl sites for hydroxylation is 1. The van der Waals surface area contributed by atoms with Crippen LogP contribution >= 0.6 is 0 Å². The molecular formula is C16H21NO3. The average molecular weight is 275 g/mol. The summed E-state index contributed by atoms with van der Waals surface area (Å²) in [5, 5.41) is 0. The van der Waals surface area contributed by atoms with E-state index < -0.39 is 0 Å². The van der Waals surface area contributed by atoms with Gasteiger partial charge in [0.1, 0.15) is 6.61 Å². The molecule has 108 valence electrons. The fraction of sp³-hybridized carbons (Fsp3) is 0.562. The van der Waals surface area contributed by atoms with Gasteiger partial charge in [-0.25, -0.2) is 4.79 Å². The second-order valence-electron chi connectivity index (χ2n) is 5.59. The molecule has 0 radical (unpaired) electrons. The smallest absolute Gasteiger partial charge is 0.414 e. The van der Waals surface area contributed by atoms with Crippen molar-refractivity contribution in [1.82, 2.24) is 0 Å². The van der Waals surface area contributed by atoms with Crippen LogP contribution in [0.15, 0.2) is 18.2 Å². The Morgan fingerprint density at radius 3 is 2.90 bits per heavy atom. The first-order valence-electron chi connectivity index (χ1n) is 7.39. The van der Waals surface area contributed by atoms with Gasteiger partial charge in [0.2, 0.25) is 0 Å². The highest BCUT2D eigenvalue weighted by Gasteiger charge is 2.26. The van der Waals surface area contributed by atoms with E-state index in [2.05, 4.69) is 13.0 Å². The van der Waals surface area contributed by atoms with Crippen molar-refractivity contribution >= 4 is 11.8 Å². The van der Waals surface area contributed by atoms with Crippen LogP contribution in [0, 0.1) is 6.92 Å². The Labute approximate surface area is 119 Å². The Balaban J connectivity index is 1.83. The third kappa shape index (κ3) is 2.80. The van der Waals surface area contributed by atoms with Crippen molar-refractivity contribution in [2.45, 2.75) is 38.7 Å². The van der Waals surface area contributed by atoms with Gasteiger partial charge in [-0.15, -0.1) is 0 Å². The first-order valence-corrected chi connectivity index (χ1v) is 7.39. The van der Waals surface area contributed by atoms with Gasteiger partial charge in [-0.1, -0.05) is 17.7 Å². The zero-order chi connectivity index (χ0) is 13.9. The topological polar surface area (TPSA) is 38.8 Å². The van der Waals surface area contributed by atoms with Crippen molar-refractivity contribution < 1.29 is 14.3 Å². The van der Waals surface area contributed by atoms with Crippen LogP contribution in [-0.2, 0) is 15.9 Å². The van der Waals surface area contributed by atoms with Crippen LogP contribution in [0.1, 0.15) is 30.4 Å². The number of rotatable bonds is 3. The molecule has 2 aliphatic heterocycles. The van der Waals surface area contributed by atoms with Crippen LogP contribution in [0.5, 0.6) is 0 Å². The molecule has 1 amide bonds. The van der Waals surface area contributed by atoms with Gasteiger partial charge in [0.05, 0.1) is 18.3 Å². The van der Waals surface area contributed by atoms with E-state index in [-0.39, 0.29) is 12.2 Å². The molecule has 0 aliphatic carbocycles. The summed E-state index contributed by atoms with van der Waals surface area (Å²) in [6.45, 7) is 4.06. The van der Waals surface area contributed by atoms with Crippen molar-refractivity contribution in [3.05, 3.63) is 29.3 Å². The van der Waals surface area contributed by atoms with E-state index in [9.17, 15) is 4.79 Å². The number of carbonyl (C=O) groups is 1. The van der Waals surface area contributed by atoms with E-state index in [0.29, 0.717) is 13.2 Å². The molecule has 1 aromatic carbocycles. The normalized spacial score (nSPS) is 22.9. The van der Waals surface area contributed by atoms with Gasteiger partial charge in [0.15, 0.2) is 0 Å². The number of hydrogen-bond acceptors (Lipinski definition) is 3. The van der Waals surface area contributed by atoms with Gasteiger partial charge in [-0.05, 0) is 37.8 Å². The lowest BCUT2D eigenvalue weighted by molar-refractivity contribution is 0.0168. The standard InChI is InChI=1S/C16H21NO3/c1-12-5-6-15(17-7-9-20-16(17)18)13(10-12)11-14-4-2-3-8-19-14/h5-6,10,14H,2-4,7-9,11H2,1H3. The summed E-state index contributed by atoms with van der Waals surface area (Å²) in [6.07, 6.45) is 4.42. The maximum Gasteiger partial charge on any atom is 0.414 e. The van der Waals surface area contributed by atoms with E-state index >= 15 is 0 Å². The van der Waals surface area contributed by atoms with E-state index in [4.69, 9.17) is 9.47 Å². The Morgan fingerprint density at radius 2 is 2.20 bits per heavy atom. The van der Waals surface area contributed by atoms with Gasteiger partial charge in [0.25, 0.3) is 0 Å². The molecule has 2 saturated heterocycles. The minimum absolute atomic E-state index is 0.236. The Hall–Kier alpha value is -1.55. The molecule has 3 rings (SSSR count). The third-order valence-electron chi connectivity index (χ3n) is 4.01. The first-order chi connectivity index (χ1) is 9.74. The highest BCUT2D eigenvalue weighted by Crippen LogP contribution is 2.28. The van der Waals surface area contributed by atoms with Crippen LogP contribution < -0.4 is 4.90 Å². The minimum atomic E-state index is -0.236. The van der Waals surface area contributed by atoms with Crippen LogP contribution in [0.2, 0.25) is 0 Å². The number of carbonyl (C=O) groups excluding carboxylic acids is 1. The summed E-state index contributed by atoms with van der Waals surface area (Å²) in [5.41, 5.74) is 3.38. The molecule has 2 heterocycles. The predicted octanol–water partition coefficient (Wildman–Crippen LogP) is 3.06. The van der Waals surface area contributed by atoms with Gasteiger partial charge >= 0.3 is 6.09 Å². The summed E-state index contributed by atoms with van der Waals surface area (Å²) in [7, 11) is 0. The molecule has 20 heavy (non-hydrogen) atoms. The molecule has 1 aromatic rings. The molecule has 1 unspecified atom stereocenters. The van der Waals surface area contributed by atoms with Gasteiger partial charge in [0, 0.05) is 13.0 Å². The van der Waals surface area contributed by atoms with Crippen molar-refractivity contribution in [3.63, 3.8) is 0 Å². The average Bonchev–Trinajstić information content (AvgIpc) is 2.86. The molecule has 0 aromatic heterocycles. The molecule has 2 aliphatic rings. The summed E-state index contributed by atoms with van der Waals surface area (Å²) < 4.78 is 10.9. The molecule has 4 nitrogen and oxygen atoms in total. The van der Waals surface area contributed by atoms with Gasteiger partial charge < -0.3 is 9.47 Å². The second-order valence-corrected chi connectivity index (χ2v) is 5.59. The molecule has 1 atom stereocenters. The Morgan fingerprint density at radius 1 is 1.30 bits per heavy atom. The van der Waals surface area contributed by atoms with E-state index in [1.54, 1.807) is 4.90 Å².